The number of allylic oxidation sites excluding steroid dienone is 2. The summed E-state index contributed by atoms with van der Waals surface area (Å²) in [5.41, 5.74) is -2.70. The molecule has 11 nitrogen and oxygen atoms in total. The second-order valence-corrected chi connectivity index (χ2v) is 14.7. The normalized spacial score (nSPS) is 28.1. The number of hydrogen-bond acceptors (Lipinski definition) is 8. The van der Waals surface area contributed by atoms with E-state index in [4.69, 9.17) is 27.9 Å². The zero-order valence-corrected chi connectivity index (χ0v) is 29.0. The van der Waals surface area contributed by atoms with Crippen LogP contribution >= 0.6 is 39.1 Å². The fourth-order valence-corrected chi connectivity index (χ4v) is 9.26. The molecule has 3 aromatic carbocycles. The highest BCUT2D eigenvalue weighted by Crippen LogP contribution is 2.67. The van der Waals surface area contributed by atoms with Gasteiger partial charge in [-0.05, 0) is 37.0 Å². The molecule has 0 spiro atoms. The van der Waals surface area contributed by atoms with Gasteiger partial charge in [0.1, 0.15) is 5.69 Å². The molecule has 7 rings (SSSR count). The van der Waals surface area contributed by atoms with Crippen LogP contribution in [0.3, 0.4) is 0 Å². The molecule has 3 aromatic rings. The van der Waals surface area contributed by atoms with Gasteiger partial charge in [0, 0.05) is 28.1 Å². The average Bonchev–Trinajstić information content (AvgIpc) is 3.45. The number of imide groups is 2. The number of carbonyl (C=O) groups is 4. The third kappa shape index (κ3) is 4.54. The summed E-state index contributed by atoms with van der Waals surface area (Å²) in [5, 5.41) is 22.9. The number of rotatable bonds is 5. The molecule has 1 saturated carbocycles. The minimum absolute atomic E-state index is 0.0745. The number of anilines is 2. The molecule has 2 saturated heterocycles. The van der Waals surface area contributed by atoms with Crippen molar-refractivity contribution in [1.82, 2.24) is 0 Å². The number of benzene rings is 3. The van der Waals surface area contributed by atoms with E-state index in [2.05, 4.69) is 15.9 Å². The highest BCUT2D eigenvalue weighted by Gasteiger charge is 2.77. The summed E-state index contributed by atoms with van der Waals surface area (Å²) >= 11 is 17.5. The van der Waals surface area contributed by atoms with Crippen LogP contribution in [-0.2, 0) is 19.2 Å². The van der Waals surface area contributed by atoms with Crippen LogP contribution in [0.2, 0.25) is 0 Å². The topological polar surface area (TPSA) is 147 Å². The van der Waals surface area contributed by atoms with Crippen LogP contribution in [0.4, 0.5) is 39.0 Å². The number of phenolic OH excluding ortho intramolecular Hbond substituents is 1. The predicted molar refractivity (Wildman–Crippen MR) is 174 cm³/mol. The number of amides is 4. The molecular formula is C33H19BrCl2F5N3O8. The number of carbonyl (C=O) groups excluding carboxylic acids is 4. The first-order valence-electron chi connectivity index (χ1n) is 15.1. The zero-order chi connectivity index (χ0) is 37.9. The molecule has 0 unspecified atom stereocenters. The Morgan fingerprint density at radius 2 is 1.56 bits per heavy atom. The Balaban J connectivity index is 1.45. The number of fused-ring (bicyclic) bond motifs is 4. The summed E-state index contributed by atoms with van der Waals surface area (Å²) in [7, 11) is 1.18. The fourth-order valence-electron chi connectivity index (χ4n) is 7.88. The number of methoxy groups -OCH3 is 1. The number of ether oxygens (including phenoxy) is 1. The second-order valence-electron chi connectivity index (χ2n) is 12.5. The van der Waals surface area contributed by atoms with Crippen LogP contribution in [-0.4, -0.2) is 50.5 Å². The molecule has 2 heterocycles. The smallest absolute Gasteiger partial charge is 0.271 e. The first-order valence-corrected chi connectivity index (χ1v) is 16.6. The van der Waals surface area contributed by atoms with Crippen molar-refractivity contribution in [3.8, 4) is 11.5 Å². The Hall–Kier alpha value is -4.61. The molecule has 19 heteroatoms. The third-order valence-electron chi connectivity index (χ3n) is 10.1. The monoisotopic (exact) mass is 829 g/mol. The van der Waals surface area contributed by atoms with Crippen molar-refractivity contribution in [2.45, 2.75) is 28.5 Å². The van der Waals surface area contributed by atoms with E-state index in [9.17, 15) is 47.6 Å². The van der Waals surface area contributed by atoms with Crippen molar-refractivity contribution in [1.29, 1.82) is 0 Å². The van der Waals surface area contributed by atoms with Crippen molar-refractivity contribution < 1.29 is 55.9 Å². The van der Waals surface area contributed by atoms with Gasteiger partial charge in [-0.3, -0.25) is 29.3 Å². The van der Waals surface area contributed by atoms with Gasteiger partial charge in [-0.25, -0.2) is 31.8 Å². The number of hydrogen-bond donors (Lipinski definition) is 1. The molecule has 4 amide bonds. The van der Waals surface area contributed by atoms with Crippen LogP contribution in [0.25, 0.3) is 0 Å². The molecule has 0 aromatic heterocycles. The highest BCUT2D eigenvalue weighted by atomic mass is 79.9. The van der Waals surface area contributed by atoms with Crippen LogP contribution in [0.1, 0.15) is 24.3 Å². The van der Waals surface area contributed by atoms with Gasteiger partial charge >= 0.3 is 0 Å². The van der Waals surface area contributed by atoms with Crippen molar-refractivity contribution in [2.24, 2.45) is 17.8 Å². The van der Waals surface area contributed by atoms with Crippen LogP contribution < -0.4 is 14.5 Å². The molecule has 1 N–H and O–H groups in total. The number of nitro benzene ring substituents is 1. The van der Waals surface area contributed by atoms with Crippen molar-refractivity contribution >= 4 is 79.8 Å². The number of aromatic hydroxyl groups is 1. The van der Waals surface area contributed by atoms with E-state index < -0.39 is 115 Å². The van der Waals surface area contributed by atoms with Gasteiger partial charge in [0.2, 0.25) is 17.6 Å². The number of non-ortho nitro benzene ring substituents is 1. The molecule has 3 fully saturated rings. The Bertz CT molecular complexity index is 2220. The summed E-state index contributed by atoms with van der Waals surface area (Å²) in [6, 6.07) is 7.27. The average molecular weight is 831 g/mol. The molecule has 6 atom stereocenters. The van der Waals surface area contributed by atoms with Gasteiger partial charge < -0.3 is 9.84 Å². The van der Waals surface area contributed by atoms with E-state index in [-0.39, 0.29) is 38.4 Å². The standard InChI is InChI=1S/C33H19BrCl2F5N3O8/c1-52-18-8-11(34)7-16(27(18)45)20-14-5-6-15-19(29(47)42(28(15)46)12-3-2-4-13(9-12)44(50)51)17(14)10-32(35)30(48)43(31(49)33(20,32)36)26-24(40)22(38)21(37)23(39)25(26)41/h2-5,7-9,15,17,19-20,45H,6,10H2,1H3/t15-,17+,19-,20+,32+,33-/m0/s1. The van der Waals surface area contributed by atoms with E-state index in [1.165, 1.54) is 37.5 Å². The van der Waals surface area contributed by atoms with Gasteiger partial charge in [-0.15, -0.1) is 23.2 Å². The molecule has 2 aliphatic heterocycles. The van der Waals surface area contributed by atoms with E-state index >= 15 is 8.78 Å². The minimum atomic E-state index is -2.88. The lowest BCUT2D eigenvalue weighted by Gasteiger charge is -2.50. The number of nitrogens with zero attached hydrogens (tertiary/aromatic N) is 3. The summed E-state index contributed by atoms with van der Waals surface area (Å²) in [4.78, 5) is 62.2. The highest BCUT2D eigenvalue weighted by molar-refractivity contribution is 9.10. The molecule has 52 heavy (non-hydrogen) atoms. The summed E-state index contributed by atoms with van der Waals surface area (Å²) in [6.07, 6.45) is 0.456. The van der Waals surface area contributed by atoms with Gasteiger partial charge in [-0.1, -0.05) is 33.6 Å². The molecular weight excluding hydrogens is 812 g/mol. The van der Waals surface area contributed by atoms with E-state index in [0.29, 0.717) is 0 Å². The Morgan fingerprint density at radius 3 is 2.17 bits per heavy atom. The Kier molecular flexibility index (Phi) is 8.23. The second kappa shape index (κ2) is 12.0. The van der Waals surface area contributed by atoms with Crippen molar-refractivity contribution in [2.75, 3.05) is 16.9 Å². The molecule has 0 bridgehead atoms. The minimum Gasteiger partial charge on any atom is -0.504 e. The van der Waals surface area contributed by atoms with Gasteiger partial charge in [-0.2, -0.15) is 0 Å². The van der Waals surface area contributed by atoms with Crippen molar-refractivity contribution in [3.05, 3.63) is 97.3 Å². The third-order valence-corrected chi connectivity index (χ3v) is 12.0. The number of alkyl halides is 2. The fraction of sp³-hybridized carbons (Fsp3) is 0.273. The predicted octanol–water partition coefficient (Wildman–Crippen LogP) is 6.54. The van der Waals surface area contributed by atoms with Crippen LogP contribution in [0.15, 0.2) is 52.5 Å². The van der Waals surface area contributed by atoms with Gasteiger partial charge in [0.25, 0.3) is 17.5 Å². The molecule has 0 radical (unpaired) electrons. The van der Waals surface area contributed by atoms with Crippen LogP contribution in [0.5, 0.6) is 11.5 Å². The lowest BCUT2D eigenvalue weighted by atomic mass is 9.56. The summed E-state index contributed by atoms with van der Waals surface area (Å²) in [6.45, 7) is 0. The maximum absolute atomic E-state index is 15.3. The Morgan fingerprint density at radius 1 is 0.923 bits per heavy atom. The van der Waals surface area contributed by atoms with Gasteiger partial charge in [0.05, 0.1) is 29.6 Å². The molecule has 2 aliphatic carbocycles. The number of nitro groups is 1. The van der Waals surface area contributed by atoms with Gasteiger partial charge in [0.15, 0.2) is 44.5 Å². The summed E-state index contributed by atoms with van der Waals surface area (Å²) < 4.78 is 79.0. The lowest BCUT2D eigenvalue weighted by molar-refractivity contribution is -0.384. The number of halogens is 8. The number of phenols is 1. The van der Waals surface area contributed by atoms with Crippen LogP contribution in [0, 0.1) is 57.0 Å². The summed E-state index contributed by atoms with van der Waals surface area (Å²) in [5.74, 6) is -24.1. The first-order chi connectivity index (χ1) is 24.4. The lowest BCUT2D eigenvalue weighted by Crippen LogP contribution is -2.60. The first kappa shape index (κ1) is 35.8. The zero-order valence-electron chi connectivity index (χ0n) is 25.9. The van der Waals surface area contributed by atoms with Crippen molar-refractivity contribution in [3.63, 3.8) is 0 Å². The maximum Gasteiger partial charge on any atom is 0.271 e. The molecule has 270 valence electrons. The maximum atomic E-state index is 15.3. The molecule has 4 aliphatic rings. The Labute approximate surface area is 306 Å². The van der Waals surface area contributed by atoms with E-state index in [1.807, 2.05) is 0 Å². The SMILES string of the molecule is COc1cc(Br)cc([C@H]2C3=CC[C@@H]4C(=O)N(c5cccc([N+](=O)[O-])c5)C(=O)[C@@H]4[C@@H]3C[C@@]3(Cl)C(=O)N(c4c(F)c(F)c(F)c(F)c4F)C(=O)[C@@]23Cl)c1O. The van der Waals surface area contributed by atoms with E-state index in [1.54, 1.807) is 0 Å². The quantitative estimate of drug-likeness (QED) is 0.0446. The largest absolute Gasteiger partial charge is 0.504 e. The van der Waals surface area contributed by atoms with E-state index in [0.717, 1.165) is 17.0 Å².